The third-order valence-corrected chi connectivity index (χ3v) is 4.52. The molecule has 3 aromatic rings. The van der Waals surface area contributed by atoms with E-state index in [9.17, 15) is 13.2 Å². The van der Waals surface area contributed by atoms with Crippen LogP contribution in [0.3, 0.4) is 0 Å². The van der Waals surface area contributed by atoms with Crippen molar-refractivity contribution in [3.63, 3.8) is 0 Å². The van der Waals surface area contributed by atoms with Gasteiger partial charge >= 0.3 is 0 Å². The van der Waals surface area contributed by atoms with Crippen LogP contribution in [-0.4, -0.2) is 17.6 Å². The maximum Gasteiger partial charge on any atom is 0.289 e. The lowest BCUT2D eigenvalue weighted by molar-refractivity contribution is 0.576. The second kappa shape index (κ2) is 4.57. The predicted octanol–water partition coefficient (Wildman–Crippen LogP) is 1.63. The molecular weight excluding hydrogens is 276 g/mol. The van der Waals surface area contributed by atoms with Crippen LogP contribution in [0.15, 0.2) is 70.5 Å². The van der Waals surface area contributed by atoms with E-state index in [4.69, 9.17) is 0 Å². The Morgan fingerprint density at radius 2 is 1.55 bits per heavy atom. The van der Waals surface area contributed by atoms with Crippen LogP contribution in [0.4, 0.5) is 0 Å². The molecule has 0 bridgehead atoms. The quantitative estimate of drug-likeness (QED) is 0.718. The normalized spacial score (nSPS) is 11.6. The molecule has 0 aliphatic rings. The Bertz CT molecular complexity index is 931. The van der Waals surface area contributed by atoms with Gasteiger partial charge in [0.05, 0.1) is 16.5 Å². The van der Waals surface area contributed by atoms with E-state index in [2.05, 4.69) is 5.10 Å². The highest BCUT2D eigenvalue weighted by Gasteiger charge is 2.20. The first-order chi connectivity index (χ1) is 9.60. The van der Waals surface area contributed by atoms with Gasteiger partial charge in [0.1, 0.15) is 0 Å². The van der Waals surface area contributed by atoms with Crippen molar-refractivity contribution in [1.29, 1.82) is 0 Å². The molecular formula is C14H10N2O3S. The number of fused-ring (bicyclic) bond motifs is 1. The zero-order chi connectivity index (χ0) is 14.2. The van der Waals surface area contributed by atoms with Gasteiger partial charge in [-0.25, -0.2) is 0 Å². The summed E-state index contributed by atoms with van der Waals surface area (Å²) in [5.41, 5.74) is -0.646. The third kappa shape index (κ3) is 1.90. The standard InChI is InChI=1S/C14H10N2O3S/c17-14-13-9-5-4-6-11(13)10-15-16(14)20(18,19)12-7-2-1-3-8-12/h1-10H. The molecule has 0 aliphatic carbocycles. The minimum absolute atomic E-state index is 0.0323. The highest BCUT2D eigenvalue weighted by molar-refractivity contribution is 7.89. The SMILES string of the molecule is O=c1c2ccccc2cnn1S(=O)(=O)c1ccccc1. The fourth-order valence-electron chi connectivity index (χ4n) is 1.94. The summed E-state index contributed by atoms with van der Waals surface area (Å²) in [5, 5.41) is 4.70. The Hall–Kier alpha value is -2.47. The monoisotopic (exact) mass is 286 g/mol. The van der Waals surface area contributed by atoms with Crippen molar-refractivity contribution in [3.8, 4) is 0 Å². The summed E-state index contributed by atoms with van der Waals surface area (Å²) in [6.07, 6.45) is 1.37. The Morgan fingerprint density at radius 1 is 0.900 bits per heavy atom. The zero-order valence-electron chi connectivity index (χ0n) is 10.3. The first kappa shape index (κ1) is 12.6. The van der Waals surface area contributed by atoms with Gasteiger partial charge in [0, 0.05) is 5.39 Å². The molecule has 0 spiro atoms. The van der Waals surface area contributed by atoms with E-state index < -0.39 is 15.6 Å². The topological polar surface area (TPSA) is 69.0 Å². The fraction of sp³-hybridized carbons (Fsp3) is 0. The number of hydrogen-bond acceptors (Lipinski definition) is 4. The average molecular weight is 286 g/mol. The van der Waals surface area contributed by atoms with Crippen molar-refractivity contribution in [2.24, 2.45) is 0 Å². The molecule has 5 nitrogen and oxygen atoms in total. The van der Waals surface area contributed by atoms with Crippen LogP contribution in [0, 0.1) is 0 Å². The molecule has 0 aliphatic heterocycles. The molecule has 0 amide bonds. The van der Waals surface area contributed by atoms with Crippen LogP contribution >= 0.6 is 0 Å². The molecule has 0 fully saturated rings. The van der Waals surface area contributed by atoms with E-state index in [1.165, 1.54) is 18.3 Å². The van der Waals surface area contributed by atoms with E-state index in [0.29, 0.717) is 14.9 Å². The molecule has 2 aromatic carbocycles. The second-order valence-electron chi connectivity index (χ2n) is 4.20. The smallest absolute Gasteiger partial charge is 0.266 e. The van der Waals surface area contributed by atoms with Crippen LogP contribution in [0.2, 0.25) is 0 Å². The van der Waals surface area contributed by atoms with E-state index in [1.54, 1.807) is 42.5 Å². The summed E-state index contributed by atoms with van der Waals surface area (Å²) in [5.74, 6) is 0. The van der Waals surface area contributed by atoms with E-state index >= 15 is 0 Å². The number of benzene rings is 2. The molecule has 20 heavy (non-hydrogen) atoms. The molecule has 100 valence electrons. The van der Waals surface area contributed by atoms with Gasteiger partial charge in [0.25, 0.3) is 15.6 Å². The Kier molecular flexibility index (Phi) is 2.87. The van der Waals surface area contributed by atoms with Crippen molar-refractivity contribution in [1.82, 2.24) is 9.19 Å². The van der Waals surface area contributed by atoms with Crippen LogP contribution in [-0.2, 0) is 10.0 Å². The van der Waals surface area contributed by atoms with E-state index in [-0.39, 0.29) is 4.90 Å². The Balaban J connectivity index is 2.31. The number of hydrogen-bond donors (Lipinski definition) is 0. The Morgan fingerprint density at radius 3 is 2.30 bits per heavy atom. The molecule has 1 heterocycles. The van der Waals surface area contributed by atoms with Crippen molar-refractivity contribution in [2.75, 3.05) is 0 Å². The first-order valence-corrected chi connectivity index (χ1v) is 7.32. The van der Waals surface area contributed by atoms with E-state index in [1.807, 2.05) is 0 Å². The van der Waals surface area contributed by atoms with Crippen LogP contribution in [0.5, 0.6) is 0 Å². The van der Waals surface area contributed by atoms with Gasteiger partial charge in [-0.15, -0.1) is 4.09 Å². The van der Waals surface area contributed by atoms with Gasteiger partial charge < -0.3 is 0 Å². The average Bonchev–Trinajstić information content (AvgIpc) is 2.48. The summed E-state index contributed by atoms with van der Waals surface area (Å²) in [4.78, 5) is 12.3. The maximum atomic E-state index is 12.4. The zero-order valence-corrected chi connectivity index (χ0v) is 11.1. The molecule has 0 radical (unpaired) electrons. The van der Waals surface area contributed by atoms with Crippen molar-refractivity contribution in [2.45, 2.75) is 4.90 Å². The number of rotatable bonds is 2. The summed E-state index contributed by atoms with van der Waals surface area (Å²) in [6.45, 7) is 0. The lowest BCUT2D eigenvalue weighted by Crippen LogP contribution is -2.29. The molecule has 0 saturated carbocycles. The minimum Gasteiger partial charge on any atom is -0.266 e. The van der Waals surface area contributed by atoms with Crippen molar-refractivity contribution in [3.05, 3.63) is 71.1 Å². The minimum atomic E-state index is -3.97. The lowest BCUT2D eigenvalue weighted by Gasteiger charge is -2.06. The lowest BCUT2D eigenvalue weighted by atomic mass is 10.2. The van der Waals surface area contributed by atoms with Crippen molar-refractivity contribution < 1.29 is 8.42 Å². The predicted molar refractivity (Wildman–Crippen MR) is 75.0 cm³/mol. The largest absolute Gasteiger partial charge is 0.289 e. The molecule has 0 unspecified atom stereocenters. The van der Waals surface area contributed by atoms with Gasteiger partial charge in [-0.1, -0.05) is 36.4 Å². The van der Waals surface area contributed by atoms with Gasteiger partial charge in [0.2, 0.25) is 0 Å². The summed E-state index contributed by atoms with van der Waals surface area (Å²) in [7, 11) is -3.97. The van der Waals surface area contributed by atoms with Gasteiger partial charge in [0.15, 0.2) is 0 Å². The number of nitrogens with zero attached hydrogens (tertiary/aromatic N) is 2. The van der Waals surface area contributed by atoms with Gasteiger partial charge in [-0.2, -0.15) is 13.5 Å². The number of aromatic nitrogens is 2. The molecule has 3 rings (SSSR count). The summed E-state index contributed by atoms with van der Waals surface area (Å²) < 4.78 is 25.3. The highest BCUT2D eigenvalue weighted by atomic mass is 32.2. The van der Waals surface area contributed by atoms with Gasteiger partial charge in [-0.05, 0) is 18.2 Å². The first-order valence-electron chi connectivity index (χ1n) is 5.88. The van der Waals surface area contributed by atoms with Crippen molar-refractivity contribution >= 4 is 20.8 Å². The Labute approximate surface area is 115 Å². The van der Waals surface area contributed by atoms with Crippen LogP contribution < -0.4 is 5.56 Å². The summed E-state index contributed by atoms with van der Waals surface area (Å²) in [6, 6.07) is 14.5. The maximum absolute atomic E-state index is 12.4. The molecule has 0 atom stereocenters. The molecule has 6 heteroatoms. The highest BCUT2D eigenvalue weighted by Crippen LogP contribution is 2.12. The van der Waals surface area contributed by atoms with Gasteiger partial charge in [-0.3, -0.25) is 4.79 Å². The second-order valence-corrected chi connectivity index (χ2v) is 5.97. The van der Waals surface area contributed by atoms with E-state index in [0.717, 1.165) is 0 Å². The van der Waals surface area contributed by atoms with Crippen LogP contribution in [0.25, 0.3) is 10.8 Å². The van der Waals surface area contributed by atoms with Crippen LogP contribution in [0.1, 0.15) is 0 Å². The fourth-order valence-corrected chi connectivity index (χ4v) is 3.13. The molecule has 0 saturated heterocycles. The molecule has 0 N–H and O–H groups in total. The summed E-state index contributed by atoms with van der Waals surface area (Å²) >= 11 is 0. The molecule has 1 aromatic heterocycles. The third-order valence-electron chi connectivity index (χ3n) is 2.94.